The van der Waals surface area contributed by atoms with Gasteiger partial charge in [-0.1, -0.05) is 6.07 Å². The van der Waals surface area contributed by atoms with Gasteiger partial charge in [0.1, 0.15) is 0 Å². The van der Waals surface area contributed by atoms with E-state index in [9.17, 15) is 9.59 Å². The molecule has 1 atom stereocenters. The molecule has 1 aliphatic carbocycles. The molecule has 0 radical (unpaired) electrons. The summed E-state index contributed by atoms with van der Waals surface area (Å²) in [5, 5.41) is 7.29. The standard InChI is InChI=1S/C18H21N3O3/c22-16-3-1-2-14-13-5-4-11(8-15(13)21-18(14)16)20-17(23)9-12-10-24-7-6-19-12/h4-5,8,12,19,21H,1-3,6-7,9-10H2,(H,20,23)/t12-/m0/s1. The molecule has 2 aliphatic rings. The Kier molecular flexibility index (Phi) is 4.08. The highest BCUT2D eigenvalue weighted by atomic mass is 16.5. The third-order valence-electron chi connectivity index (χ3n) is 4.73. The van der Waals surface area contributed by atoms with Gasteiger partial charge in [0, 0.05) is 42.0 Å². The lowest BCUT2D eigenvalue weighted by atomic mass is 9.95. The number of nitrogens with one attached hydrogen (secondary N) is 3. The van der Waals surface area contributed by atoms with E-state index in [-0.39, 0.29) is 17.7 Å². The summed E-state index contributed by atoms with van der Waals surface area (Å²) in [7, 11) is 0. The van der Waals surface area contributed by atoms with Crippen LogP contribution in [0.2, 0.25) is 0 Å². The van der Waals surface area contributed by atoms with Crippen molar-refractivity contribution in [2.24, 2.45) is 0 Å². The molecular formula is C18H21N3O3. The molecule has 126 valence electrons. The summed E-state index contributed by atoms with van der Waals surface area (Å²) in [4.78, 5) is 27.4. The highest BCUT2D eigenvalue weighted by Gasteiger charge is 2.22. The highest BCUT2D eigenvalue weighted by molar-refractivity contribution is 6.04. The maximum atomic E-state index is 12.2. The van der Waals surface area contributed by atoms with E-state index in [0.29, 0.717) is 26.1 Å². The van der Waals surface area contributed by atoms with E-state index in [1.807, 2.05) is 18.2 Å². The summed E-state index contributed by atoms with van der Waals surface area (Å²) in [6, 6.07) is 5.86. The zero-order chi connectivity index (χ0) is 16.5. The fourth-order valence-electron chi connectivity index (χ4n) is 3.57. The smallest absolute Gasteiger partial charge is 0.226 e. The van der Waals surface area contributed by atoms with Gasteiger partial charge in [-0.2, -0.15) is 0 Å². The van der Waals surface area contributed by atoms with E-state index < -0.39 is 0 Å². The van der Waals surface area contributed by atoms with Crippen molar-refractivity contribution < 1.29 is 14.3 Å². The third kappa shape index (κ3) is 2.95. The molecule has 0 bridgehead atoms. The number of anilines is 1. The SMILES string of the molecule is O=C(C[C@H]1COCCN1)Nc1ccc2c3c([nH]c2c1)C(=O)CCC3. The molecule has 1 aromatic heterocycles. The zero-order valence-corrected chi connectivity index (χ0v) is 13.5. The molecule has 0 unspecified atom stereocenters. The molecule has 1 amide bonds. The summed E-state index contributed by atoms with van der Waals surface area (Å²) in [6.07, 6.45) is 2.84. The fraction of sp³-hybridized carbons (Fsp3) is 0.444. The van der Waals surface area contributed by atoms with Crippen molar-refractivity contribution in [3.63, 3.8) is 0 Å². The van der Waals surface area contributed by atoms with E-state index >= 15 is 0 Å². The predicted octanol–water partition coefficient (Wildman–Crippen LogP) is 2.00. The van der Waals surface area contributed by atoms with E-state index in [1.165, 1.54) is 0 Å². The Bertz CT molecular complexity index is 790. The molecule has 1 fully saturated rings. The number of carbonyl (C=O) groups excluding carboxylic acids is 2. The van der Waals surface area contributed by atoms with Gasteiger partial charge in [-0.25, -0.2) is 0 Å². The average molecular weight is 327 g/mol. The number of rotatable bonds is 3. The van der Waals surface area contributed by atoms with Gasteiger partial charge in [-0.05, 0) is 30.5 Å². The molecule has 24 heavy (non-hydrogen) atoms. The molecule has 6 nitrogen and oxygen atoms in total. The van der Waals surface area contributed by atoms with Crippen LogP contribution in [0.4, 0.5) is 5.69 Å². The summed E-state index contributed by atoms with van der Waals surface area (Å²) < 4.78 is 5.37. The van der Waals surface area contributed by atoms with Crippen molar-refractivity contribution in [1.29, 1.82) is 0 Å². The van der Waals surface area contributed by atoms with E-state index in [0.717, 1.165) is 47.2 Å². The molecule has 0 spiro atoms. The van der Waals surface area contributed by atoms with Crippen molar-refractivity contribution in [1.82, 2.24) is 10.3 Å². The van der Waals surface area contributed by atoms with Crippen LogP contribution in [0.5, 0.6) is 0 Å². The molecule has 0 saturated carbocycles. The van der Waals surface area contributed by atoms with Crippen LogP contribution in [0.15, 0.2) is 18.2 Å². The van der Waals surface area contributed by atoms with Crippen LogP contribution >= 0.6 is 0 Å². The fourth-order valence-corrected chi connectivity index (χ4v) is 3.57. The van der Waals surface area contributed by atoms with E-state index in [2.05, 4.69) is 15.6 Å². The van der Waals surface area contributed by atoms with Gasteiger partial charge >= 0.3 is 0 Å². The number of fused-ring (bicyclic) bond motifs is 3. The van der Waals surface area contributed by atoms with Gasteiger partial charge in [0.05, 0.1) is 18.9 Å². The summed E-state index contributed by atoms with van der Waals surface area (Å²) in [5.41, 5.74) is 3.51. The molecule has 1 saturated heterocycles. The minimum absolute atomic E-state index is 0.0373. The molecule has 1 aliphatic heterocycles. The van der Waals surface area contributed by atoms with Gasteiger partial charge in [0.2, 0.25) is 5.91 Å². The van der Waals surface area contributed by atoms with E-state index in [4.69, 9.17) is 4.74 Å². The Morgan fingerprint density at radius 3 is 3.08 bits per heavy atom. The average Bonchev–Trinajstić information content (AvgIpc) is 2.95. The lowest BCUT2D eigenvalue weighted by molar-refractivity contribution is -0.117. The number of aromatic amines is 1. The van der Waals surface area contributed by atoms with Crippen molar-refractivity contribution >= 4 is 28.3 Å². The normalized spacial score (nSPS) is 20.8. The molecular weight excluding hydrogens is 306 g/mol. The number of carbonyl (C=O) groups is 2. The quantitative estimate of drug-likeness (QED) is 0.805. The number of hydrogen-bond donors (Lipinski definition) is 3. The van der Waals surface area contributed by atoms with Crippen LogP contribution in [0.3, 0.4) is 0 Å². The first kappa shape index (κ1) is 15.4. The van der Waals surface area contributed by atoms with Crippen molar-refractivity contribution in [2.75, 3.05) is 25.1 Å². The van der Waals surface area contributed by atoms with Crippen LogP contribution in [0.1, 0.15) is 35.3 Å². The number of H-pyrrole nitrogens is 1. The van der Waals surface area contributed by atoms with Gasteiger partial charge in [0.25, 0.3) is 0 Å². The lowest BCUT2D eigenvalue weighted by Crippen LogP contribution is -2.43. The van der Waals surface area contributed by atoms with Gasteiger partial charge in [-0.3, -0.25) is 9.59 Å². The number of aryl methyl sites for hydroxylation is 1. The van der Waals surface area contributed by atoms with Crippen LogP contribution in [-0.2, 0) is 16.0 Å². The molecule has 2 heterocycles. The molecule has 2 aromatic rings. The lowest BCUT2D eigenvalue weighted by Gasteiger charge is -2.23. The minimum atomic E-state index is -0.0373. The second kappa shape index (κ2) is 6.37. The monoisotopic (exact) mass is 327 g/mol. The Hall–Kier alpha value is -2.18. The van der Waals surface area contributed by atoms with Crippen LogP contribution in [-0.4, -0.2) is 42.5 Å². The maximum absolute atomic E-state index is 12.2. The van der Waals surface area contributed by atoms with Crippen molar-refractivity contribution in [2.45, 2.75) is 31.7 Å². The second-order valence-electron chi connectivity index (χ2n) is 6.49. The highest BCUT2D eigenvalue weighted by Crippen LogP contribution is 2.30. The summed E-state index contributed by atoms with van der Waals surface area (Å²) >= 11 is 0. The Morgan fingerprint density at radius 2 is 2.25 bits per heavy atom. The summed E-state index contributed by atoms with van der Waals surface area (Å²) in [5.74, 6) is 0.145. The molecule has 4 rings (SSSR count). The van der Waals surface area contributed by atoms with Crippen molar-refractivity contribution in [3.8, 4) is 0 Å². The number of Topliss-reactive ketones (excluding diaryl/α,β-unsaturated/α-hetero) is 1. The molecule has 1 aromatic carbocycles. The van der Waals surface area contributed by atoms with Crippen LogP contribution in [0, 0.1) is 0 Å². The first-order valence-corrected chi connectivity index (χ1v) is 8.49. The maximum Gasteiger partial charge on any atom is 0.226 e. The van der Waals surface area contributed by atoms with E-state index in [1.54, 1.807) is 0 Å². The van der Waals surface area contributed by atoms with Gasteiger partial charge in [0.15, 0.2) is 5.78 Å². The van der Waals surface area contributed by atoms with Gasteiger partial charge < -0.3 is 20.4 Å². The second-order valence-corrected chi connectivity index (χ2v) is 6.49. The summed E-state index contributed by atoms with van der Waals surface area (Å²) in [6.45, 7) is 2.05. The number of morpholine rings is 1. The van der Waals surface area contributed by atoms with Gasteiger partial charge in [-0.15, -0.1) is 0 Å². The zero-order valence-electron chi connectivity index (χ0n) is 13.5. The first-order valence-electron chi connectivity index (χ1n) is 8.49. The Morgan fingerprint density at radius 1 is 1.33 bits per heavy atom. The predicted molar refractivity (Wildman–Crippen MR) is 91.4 cm³/mol. The van der Waals surface area contributed by atoms with Crippen LogP contribution < -0.4 is 10.6 Å². The number of ketones is 1. The topological polar surface area (TPSA) is 83.2 Å². The largest absolute Gasteiger partial charge is 0.378 e. The number of benzene rings is 1. The third-order valence-corrected chi connectivity index (χ3v) is 4.73. The molecule has 6 heteroatoms. The number of ether oxygens (including phenoxy) is 1. The number of aromatic nitrogens is 1. The Balaban J connectivity index is 1.50. The van der Waals surface area contributed by atoms with Crippen LogP contribution in [0.25, 0.3) is 10.9 Å². The minimum Gasteiger partial charge on any atom is -0.378 e. The number of amides is 1. The molecule has 3 N–H and O–H groups in total. The number of hydrogen-bond acceptors (Lipinski definition) is 4. The Labute approximate surface area is 139 Å². The first-order chi connectivity index (χ1) is 11.7. The van der Waals surface area contributed by atoms with Crippen molar-refractivity contribution in [3.05, 3.63) is 29.5 Å².